The zero-order valence-corrected chi connectivity index (χ0v) is 15.7. The number of hydrogen-bond acceptors (Lipinski definition) is 6. The lowest BCUT2D eigenvalue weighted by Crippen LogP contribution is -2.54. The summed E-state index contributed by atoms with van der Waals surface area (Å²) in [6, 6.07) is 6.92. The molecule has 0 atom stereocenters. The first-order valence-electron chi connectivity index (χ1n) is 8.32. The van der Waals surface area contributed by atoms with E-state index in [1.807, 2.05) is 0 Å². The monoisotopic (exact) mass is 360 g/mol. The topological polar surface area (TPSA) is 88.9 Å². The first kappa shape index (κ1) is 19.9. The number of carbonyl (C=O) groups excluding carboxylic acids is 2. The van der Waals surface area contributed by atoms with E-state index in [1.54, 1.807) is 39.0 Å². The molecule has 1 saturated heterocycles. The highest BCUT2D eigenvalue weighted by atomic mass is 16.7. The minimum atomic E-state index is -0.667. The predicted molar refractivity (Wildman–Crippen MR) is 93.5 cm³/mol. The highest BCUT2D eigenvalue weighted by Crippen LogP contribution is 2.26. The average molecular weight is 360 g/mol. The molecule has 7 nitrogen and oxygen atoms in total. The Bertz CT molecular complexity index is 722. The third-order valence-electron chi connectivity index (χ3n) is 4.04. The largest absolute Gasteiger partial charge is 0.444 e. The molecule has 0 unspecified atom stereocenters. The summed E-state index contributed by atoms with van der Waals surface area (Å²) in [5.41, 5.74) is 0.763. The maximum absolute atomic E-state index is 12.6. The van der Waals surface area contributed by atoms with E-state index in [0.717, 1.165) is 0 Å². The Balaban J connectivity index is 2.06. The molecule has 0 radical (unpaired) electrons. The van der Waals surface area contributed by atoms with Crippen molar-refractivity contribution >= 4 is 11.9 Å². The molecule has 2 rings (SSSR count). The van der Waals surface area contributed by atoms with E-state index in [4.69, 9.17) is 14.2 Å². The fourth-order valence-electron chi connectivity index (χ4n) is 2.72. The highest BCUT2D eigenvalue weighted by Gasteiger charge is 2.38. The van der Waals surface area contributed by atoms with Crippen LogP contribution in [0.15, 0.2) is 18.2 Å². The van der Waals surface area contributed by atoms with Gasteiger partial charge in [-0.15, -0.1) is 0 Å². The molecule has 1 aromatic rings. The molecule has 7 heteroatoms. The van der Waals surface area contributed by atoms with Gasteiger partial charge >= 0.3 is 6.09 Å². The van der Waals surface area contributed by atoms with Gasteiger partial charge in [-0.2, -0.15) is 5.26 Å². The van der Waals surface area contributed by atoms with Gasteiger partial charge < -0.3 is 19.1 Å². The molecule has 1 aromatic carbocycles. The first-order chi connectivity index (χ1) is 12.2. The molecule has 0 bridgehead atoms. The smallest absolute Gasteiger partial charge is 0.410 e. The number of ether oxygens (including phenoxy) is 3. The second kappa shape index (κ2) is 7.85. The van der Waals surface area contributed by atoms with Gasteiger partial charge in [0, 0.05) is 38.4 Å². The summed E-state index contributed by atoms with van der Waals surface area (Å²) in [6.07, 6.45) is -1.09. The molecule has 140 valence electrons. The molecule has 1 aliphatic rings. The van der Waals surface area contributed by atoms with Crippen LogP contribution in [-0.4, -0.2) is 49.7 Å². The van der Waals surface area contributed by atoms with Crippen molar-refractivity contribution in [3.8, 4) is 6.07 Å². The first-order valence-corrected chi connectivity index (χ1v) is 8.32. The Morgan fingerprint density at radius 2 is 1.85 bits per heavy atom. The van der Waals surface area contributed by atoms with Crippen molar-refractivity contribution < 1.29 is 23.8 Å². The van der Waals surface area contributed by atoms with E-state index in [0.29, 0.717) is 29.8 Å². The summed E-state index contributed by atoms with van der Waals surface area (Å²) in [4.78, 5) is 26.1. The molecule has 0 aliphatic carbocycles. The number of likely N-dealkylation sites (tertiary alicyclic amines) is 1. The number of nitrogens with zero attached hydrogens (tertiary/aromatic N) is 2. The molecule has 0 spiro atoms. The van der Waals surface area contributed by atoms with Gasteiger partial charge in [0.2, 0.25) is 0 Å². The van der Waals surface area contributed by atoms with Crippen LogP contribution in [-0.2, 0) is 14.2 Å². The molecule has 1 amide bonds. The average Bonchev–Trinajstić information content (AvgIpc) is 2.53. The Hall–Kier alpha value is -2.43. The number of hydrogen-bond donors (Lipinski definition) is 0. The molecule has 0 saturated carbocycles. The van der Waals surface area contributed by atoms with Crippen molar-refractivity contribution in [1.29, 1.82) is 5.26 Å². The zero-order valence-electron chi connectivity index (χ0n) is 15.7. The minimum absolute atomic E-state index is 0.0979. The molecule has 0 aromatic heterocycles. The summed E-state index contributed by atoms with van der Waals surface area (Å²) < 4.78 is 15.6. The van der Waals surface area contributed by atoms with Crippen molar-refractivity contribution in [2.75, 3.05) is 27.3 Å². The summed E-state index contributed by atoms with van der Waals surface area (Å²) in [6.45, 7) is 6.02. The maximum Gasteiger partial charge on any atom is 0.410 e. The van der Waals surface area contributed by atoms with Gasteiger partial charge in [0.15, 0.2) is 12.1 Å². The van der Waals surface area contributed by atoms with Crippen LogP contribution in [0.1, 0.15) is 48.5 Å². The highest BCUT2D eigenvalue weighted by molar-refractivity contribution is 5.99. The van der Waals surface area contributed by atoms with Crippen LogP contribution in [0.2, 0.25) is 0 Å². The van der Waals surface area contributed by atoms with E-state index in [9.17, 15) is 14.9 Å². The van der Waals surface area contributed by atoms with Gasteiger partial charge in [-0.05, 0) is 26.8 Å². The molecular weight excluding hydrogens is 336 g/mol. The van der Waals surface area contributed by atoms with Crippen molar-refractivity contribution in [1.82, 2.24) is 4.90 Å². The van der Waals surface area contributed by atoms with E-state index in [-0.39, 0.29) is 11.7 Å². The predicted octanol–water partition coefficient (Wildman–Crippen LogP) is 2.90. The Kier molecular flexibility index (Phi) is 6.01. The number of methoxy groups -OCH3 is 2. The van der Waals surface area contributed by atoms with E-state index in [2.05, 4.69) is 6.07 Å². The van der Waals surface area contributed by atoms with Crippen LogP contribution in [0, 0.1) is 17.2 Å². The molecule has 0 N–H and O–H groups in total. The Labute approximate surface area is 153 Å². The van der Waals surface area contributed by atoms with Crippen LogP contribution in [0.4, 0.5) is 4.79 Å². The number of rotatable bonds is 5. The zero-order chi connectivity index (χ0) is 19.5. The molecule has 1 aliphatic heterocycles. The Morgan fingerprint density at radius 3 is 2.35 bits per heavy atom. The minimum Gasteiger partial charge on any atom is -0.444 e. The number of nitriles is 1. The van der Waals surface area contributed by atoms with Crippen molar-refractivity contribution in [2.24, 2.45) is 5.92 Å². The van der Waals surface area contributed by atoms with Crippen molar-refractivity contribution in [2.45, 2.75) is 32.7 Å². The standard InChI is InChI=1S/C19H24N2O5/c1-19(2,3)26-18(23)21-10-14(11-21)16(22)12-6-7-15(13(8-12)9-20)17(24-4)25-5/h6-8,14,17H,10-11H2,1-5H3. The van der Waals surface area contributed by atoms with Gasteiger partial charge in [-0.25, -0.2) is 4.79 Å². The summed E-state index contributed by atoms with van der Waals surface area (Å²) >= 11 is 0. The molecular formula is C19H24N2O5. The second-order valence-electron chi connectivity index (χ2n) is 7.16. The fourth-order valence-corrected chi connectivity index (χ4v) is 2.72. The van der Waals surface area contributed by atoms with Crippen LogP contribution in [0.3, 0.4) is 0 Å². The number of carbonyl (C=O) groups is 2. The fraction of sp³-hybridized carbons (Fsp3) is 0.526. The lowest BCUT2D eigenvalue weighted by atomic mass is 9.89. The Morgan fingerprint density at radius 1 is 1.23 bits per heavy atom. The normalized spacial score (nSPS) is 14.7. The molecule has 26 heavy (non-hydrogen) atoms. The third kappa shape index (κ3) is 4.40. The number of ketones is 1. The van der Waals surface area contributed by atoms with Crippen LogP contribution >= 0.6 is 0 Å². The van der Waals surface area contributed by atoms with Crippen molar-refractivity contribution in [3.05, 3.63) is 34.9 Å². The van der Waals surface area contributed by atoms with Gasteiger partial charge in [-0.3, -0.25) is 4.79 Å². The summed E-state index contributed by atoms with van der Waals surface area (Å²) in [7, 11) is 2.96. The van der Waals surface area contributed by atoms with Gasteiger partial charge in [-0.1, -0.05) is 12.1 Å². The van der Waals surface area contributed by atoms with Crippen LogP contribution in [0.5, 0.6) is 0 Å². The number of amides is 1. The van der Waals surface area contributed by atoms with Gasteiger partial charge in [0.25, 0.3) is 0 Å². The number of Topliss-reactive ketones (excluding diaryl/α,β-unsaturated/α-hetero) is 1. The number of benzene rings is 1. The molecule has 1 fully saturated rings. The van der Waals surface area contributed by atoms with Crippen LogP contribution < -0.4 is 0 Å². The maximum atomic E-state index is 12.6. The van der Waals surface area contributed by atoms with Crippen molar-refractivity contribution in [3.63, 3.8) is 0 Å². The third-order valence-corrected chi connectivity index (χ3v) is 4.04. The van der Waals surface area contributed by atoms with Gasteiger partial charge in [0.1, 0.15) is 5.60 Å². The van der Waals surface area contributed by atoms with E-state index >= 15 is 0 Å². The van der Waals surface area contributed by atoms with E-state index < -0.39 is 18.0 Å². The lowest BCUT2D eigenvalue weighted by molar-refractivity contribution is -0.106. The molecule has 1 heterocycles. The second-order valence-corrected chi connectivity index (χ2v) is 7.16. The quantitative estimate of drug-likeness (QED) is 0.592. The lowest BCUT2D eigenvalue weighted by Gasteiger charge is -2.38. The SMILES string of the molecule is COC(OC)c1ccc(C(=O)C2CN(C(=O)OC(C)(C)C)C2)cc1C#N. The van der Waals surface area contributed by atoms with E-state index in [1.165, 1.54) is 19.1 Å². The summed E-state index contributed by atoms with van der Waals surface area (Å²) in [5.74, 6) is -0.389. The van der Waals surface area contributed by atoms with Gasteiger partial charge in [0.05, 0.1) is 17.6 Å². The summed E-state index contributed by atoms with van der Waals surface area (Å²) in [5, 5.41) is 9.36. The van der Waals surface area contributed by atoms with Crippen LogP contribution in [0.25, 0.3) is 0 Å².